The summed E-state index contributed by atoms with van der Waals surface area (Å²) in [6, 6.07) is 0. The summed E-state index contributed by atoms with van der Waals surface area (Å²) in [7, 11) is 1.86. The SMILES string of the molecule is [B].[B]1CCCO1. The Bertz CT molecular complexity index is 20.4. The molecule has 0 aromatic rings. The second-order valence-electron chi connectivity index (χ2n) is 1.18. The Morgan fingerprint density at radius 1 is 1.50 bits per heavy atom. The first-order valence-electron chi connectivity index (χ1n) is 1.93. The van der Waals surface area contributed by atoms with E-state index in [9.17, 15) is 0 Å². The van der Waals surface area contributed by atoms with Crippen LogP contribution < -0.4 is 0 Å². The van der Waals surface area contributed by atoms with Crippen molar-refractivity contribution in [3.8, 4) is 0 Å². The van der Waals surface area contributed by atoms with Gasteiger partial charge in [0.25, 0.3) is 7.48 Å². The van der Waals surface area contributed by atoms with Crippen LogP contribution in [-0.4, -0.2) is 22.5 Å². The molecule has 0 bridgehead atoms. The fourth-order valence-corrected chi connectivity index (χ4v) is 0.417. The molecule has 3 heteroatoms. The van der Waals surface area contributed by atoms with Crippen LogP contribution in [0.3, 0.4) is 0 Å². The summed E-state index contributed by atoms with van der Waals surface area (Å²) in [5.74, 6) is 0. The first-order valence-corrected chi connectivity index (χ1v) is 1.93. The molecular weight excluding hydrogens is 73.7 g/mol. The Morgan fingerprint density at radius 2 is 2.33 bits per heavy atom. The van der Waals surface area contributed by atoms with E-state index in [2.05, 4.69) is 0 Å². The maximum atomic E-state index is 4.82. The Balaban J connectivity index is 0.000000250. The average molecular weight is 79.7 g/mol. The molecule has 1 rings (SSSR count). The van der Waals surface area contributed by atoms with Crippen LogP contribution in [-0.2, 0) is 4.65 Å². The normalized spacial score (nSPS) is 18.7. The zero-order valence-corrected chi connectivity index (χ0v) is 3.68. The van der Waals surface area contributed by atoms with Crippen molar-refractivity contribution in [3.63, 3.8) is 0 Å². The summed E-state index contributed by atoms with van der Waals surface area (Å²) < 4.78 is 4.82. The van der Waals surface area contributed by atoms with E-state index in [4.69, 9.17) is 4.65 Å². The van der Waals surface area contributed by atoms with E-state index in [0.29, 0.717) is 0 Å². The van der Waals surface area contributed by atoms with E-state index in [0.717, 1.165) is 12.9 Å². The second-order valence-corrected chi connectivity index (χ2v) is 1.18. The van der Waals surface area contributed by atoms with Crippen molar-refractivity contribution in [1.29, 1.82) is 0 Å². The van der Waals surface area contributed by atoms with E-state index < -0.39 is 0 Å². The van der Waals surface area contributed by atoms with Gasteiger partial charge in [0.2, 0.25) is 0 Å². The molecule has 0 unspecified atom stereocenters. The lowest BCUT2D eigenvalue weighted by molar-refractivity contribution is 0.374. The molecule has 4 radical (unpaired) electrons. The Morgan fingerprint density at radius 3 is 2.50 bits per heavy atom. The third-order valence-electron chi connectivity index (χ3n) is 0.702. The highest BCUT2D eigenvalue weighted by Gasteiger charge is 1.98. The van der Waals surface area contributed by atoms with Crippen molar-refractivity contribution in [3.05, 3.63) is 0 Å². The summed E-state index contributed by atoms with van der Waals surface area (Å²) >= 11 is 0. The van der Waals surface area contributed by atoms with Gasteiger partial charge in [0.15, 0.2) is 0 Å². The second kappa shape index (κ2) is 3.29. The smallest absolute Gasteiger partial charge is 0.292 e. The molecule has 1 aliphatic heterocycles. The van der Waals surface area contributed by atoms with Crippen molar-refractivity contribution in [2.75, 3.05) is 6.61 Å². The van der Waals surface area contributed by atoms with E-state index in [1.54, 1.807) is 0 Å². The molecule has 0 atom stereocenters. The predicted molar refractivity (Wildman–Crippen MR) is 26.9 cm³/mol. The zero-order chi connectivity index (χ0) is 3.54. The van der Waals surface area contributed by atoms with Gasteiger partial charge in [-0.1, -0.05) is 0 Å². The van der Waals surface area contributed by atoms with Gasteiger partial charge in [-0.05, 0) is 12.7 Å². The lowest BCUT2D eigenvalue weighted by atomic mass is 9.98. The highest BCUT2D eigenvalue weighted by atomic mass is 16.4. The Labute approximate surface area is 40.9 Å². The molecule has 0 N–H and O–H groups in total. The topological polar surface area (TPSA) is 9.23 Å². The van der Waals surface area contributed by atoms with Crippen LogP contribution in [0.15, 0.2) is 0 Å². The van der Waals surface area contributed by atoms with Crippen molar-refractivity contribution >= 4 is 15.9 Å². The third kappa shape index (κ3) is 1.51. The fraction of sp³-hybridized carbons (Fsp3) is 1.00. The lowest BCUT2D eigenvalue weighted by Gasteiger charge is -1.76. The van der Waals surface area contributed by atoms with E-state index in [-0.39, 0.29) is 8.41 Å². The van der Waals surface area contributed by atoms with Gasteiger partial charge in [0.05, 0.1) is 0 Å². The third-order valence-corrected chi connectivity index (χ3v) is 0.702. The predicted octanol–water partition coefficient (Wildman–Crippen LogP) is 0.0634. The van der Waals surface area contributed by atoms with Gasteiger partial charge < -0.3 is 4.65 Å². The summed E-state index contributed by atoms with van der Waals surface area (Å²) in [5.41, 5.74) is 0. The van der Waals surface area contributed by atoms with Crippen LogP contribution in [0.25, 0.3) is 0 Å². The molecule has 0 amide bonds. The Kier molecular flexibility index (Phi) is 3.34. The maximum Gasteiger partial charge on any atom is 0.292 e. The molecule has 1 fully saturated rings. The van der Waals surface area contributed by atoms with Gasteiger partial charge in [0.1, 0.15) is 0 Å². The lowest BCUT2D eigenvalue weighted by Crippen LogP contribution is -1.80. The van der Waals surface area contributed by atoms with Gasteiger partial charge in [-0.2, -0.15) is 0 Å². The minimum absolute atomic E-state index is 0. The molecule has 1 saturated heterocycles. The van der Waals surface area contributed by atoms with Gasteiger partial charge >= 0.3 is 0 Å². The quantitative estimate of drug-likeness (QED) is 0.374. The first-order chi connectivity index (χ1) is 2.50. The van der Waals surface area contributed by atoms with Gasteiger partial charge in [-0.15, -0.1) is 0 Å². The maximum absolute atomic E-state index is 4.82. The molecule has 0 aromatic heterocycles. The molecule has 0 aromatic carbocycles. The molecule has 6 heavy (non-hydrogen) atoms. The van der Waals surface area contributed by atoms with E-state index in [1.165, 1.54) is 6.42 Å². The van der Waals surface area contributed by atoms with Crippen molar-refractivity contribution in [1.82, 2.24) is 0 Å². The zero-order valence-electron chi connectivity index (χ0n) is 3.68. The molecule has 1 aliphatic rings. The van der Waals surface area contributed by atoms with Gasteiger partial charge in [-0.3, -0.25) is 0 Å². The minimum atomic E-state index is 0. The summed E-state index contributed by atoms with van der Waals surface area (Å²) in [6.07, 6.45) is 2.38. The molecule has 0 aliphatic carbocycles. The number of rotatable bonds is 0. The molecular formula is C3H6B2O. The van der Waals surface area contributed by atoms with Crippen LogP contribution in [0.2, 0.25) is 6.32 Å². The molecule has 30 valence electrons. The summed E-state index contributed by atoms with van der Waals surface area (Å²) in [4.78, 5) is 0. The monoisotopic (exact) mass is 80.1 g/mol. The first kappa shape index (κ1) is 6.09. The minimum Gasteiger partial charge on any atom is -0.441 e. The van der Waals surface area contributed by atoms with Crippen molar-refractivity contribution in [2.45, 2.75) is 12.7 Å². The molecule has 1 nitrogen and oxygen atoms in total. The van der Waals surface area contributed by atoms with Crippen LogP contribution in [0.4, 0.5) is 0 Å². The average Bonchev–Trinajstić information content (AvgIpc) is 1.76. The van der Waals surface area contributed by atoms with E-state index >= 15 is 0 Å². The van der Waals surface area contributed by atoms with Gasteiger partial charge in [0, 0.05) is 15.0 Å². The van der Waals surface area contributed by atoms with Crippen LogP contribution in [0, 0.1) is 0 Å². The molecule has 0 spiro atoms. The summed E-state index contributed by atoms with van der Waals surface area (Å²) in [6.45, 7) is 0.944. The van der Waals surface area contributed by atoms with E-state index in [1.807, 2.05) is 7.48 Å². The van der Waals surface area contributed by atoms with Crippen molar-refractivity contribution < 1.29 is 4.65 Å². The van der Waals surface area contributed by atoms with Crippen LogP contribution in [0.1, 0.15) is 6.42 Å². The van der Waals surface area contributed by atoms with Gasteiger partial charge in [-0.25, -0.2) is 0 Å². The highest BCUT2D eigenvalue weighted by Crippen LogP contribution is 1.97. The van der Waals surface area contributed by atoms with Crippen molar-refractivity contribution in [2.24, 2.45) is 0 Å². The fourth-order valence-electron chi connectivity index (χ4n) is 0.417. The highest BCUT2D eigenvalue weighted by molar-refractivity contribution is 6.27. The van der Waals surface area contributed by atoms with Crippen LogP contribution >= 0.6 is 0 Å². The van der Waals surface area contributed by atoms with Crippen LogP contribution in [0.5, 0.6) is 0 Å². The Hall–Kier alpha value is 0.0899. The molecule has 1 heterocycles. The largest absolute Gasteiger partial charge is 0.441 e. The molecule has 0 saturated carbocycles. The summed E-state index contributed by atoms with van der Waals surface area (Å²) in [5, 5.41) is 0. The number of hydrogen-bond acceptors (Lipinski definition) is 1. The number of hydrogen-bond donors (Lipinski definition) is 0. The standard InChI is InChI=1S/C3H6BO.B/c1-2-4-5-3-1;/h1-3H2;.